The first-order chi connectivity index (χ1) is 17.0. The summed E-state index contributed by atoms with van der Waals surface area (Å²) in [5.41, 5.74) is 2.15. The van der Waals surface area contributed by atoms with Gasteiger partial charge in [0, 0.05) is 16.5 Å². The normalized spacial score (nSPS) is 17.7. The van der Waals surface area contributed by atoms with Crippen LogP contribution < -0.4 is 20.1 Å². The van der Waals surface area contributed by atoms with Crippen molar-refractivity contribution in [2.45, 2.75) is 50.1 Å². The smallest absolute Gasteiger partial charge is 0.473 e. The number of benzene rings is 1. The number of hydrogen-bond acceptors (Lipinski definition) is 4. The Morgan fingerprint density at radius 2 is 2.06 bits per heavy atom. The SMILES string of the molecule is C=C/C=C(\C=C)n1nc(OC2CC(C)C2)c(C)c1NC(=O)NCc1cc(CI)ccc1OC(F)(F)F. The van der Waals surface area contributed by atoms with Gasteiger partial charge in [-0.05, 0) is 55.5 Å². The summed E-state index contributed by atoms with van der Waals surface area (Å²) in [6, 6.07) is 3.73. The van der Waals surface area contributed by atoms with Crippen molar-refractivity contribution in [2.75, 3.05) is 5.32 Å². The molecular formula is C25H28F3IN4O3. The van der Waals surface area contributed by atoms with E-state index in [1.165, 1.54) is 10.7 Å². The molecule has 194 valence electrons. The summed E-state index contributed by atoms with van der Waals surface area (Å²) < 4.78 is 50.7. The van der Waals surface area contributed by atoms with E-state index in [1.807, 2.05) is 0 Å². The zero-order valence-corrected chi connectivity index (χ0v) is 22.1. The van der Waals surface area contributed by atoms with Crippen LogP contribution in [0.3, 0.4) is 0 Å². The van der Waals surface area contributed by atoms with Crippen LogP contribution in [0.5, 0.6) is 11.6 Å². The molecular weight excluding hydrogens is 588 g/mol. The van der Waals surface area contributed by atoms with Crippen LogP contribution >= 0.6 is 22.6 Å². The van der Waals surface area contributed by atoms with Gasteiger partial charge in [-0.2, -0.15) is 0 Å². The highest BCUT2D eigenvalue weighted by atomic mass is 127. The second-order valence-electron chi connectivity index (χ2n) is 8.47. The van der Waals surface area contributed by atoms with Crippen molar-refractivity contribution in [3.8, 4) is 11.6 Å². The molecule has 0 saturated heterocycles. The van der Waals surface area contributed by atoms with Crippen LogP contribution in [0.15, 0.2) is 49.6 Å². The van der Waals surface area contributed by atoms with Crippen molar-refractivity contribution in [1.29, 1.82) is 0 Å². The minimum atomic E-state index is -4.85. The number of anilines is 1. The number of allylic oxidation sites excluding steroid dienone is 4. The molecule has 36 heavy (non-hydrogen) atoms. The van der Waals surface area contributed by atoms with Crippen molar-refractivity contribution >= 4 is 40.1 Å². The average Bonchev–Trinajstić information content (AvgIpc) is 3.09. The monoisotopic (exact) mass is 616 g/mol. The quantitative estimate of drug-likeness (QED) is 0.176. The first kappa shape index (κ1) is 27.6. The van der Waals surface area contributed by atoms with E-state index in [4.69, 9.17) is 4.74 Å². The van der Waals surface area contributed by atoms with Crippen molar-refractivity contribution in [3.05, 3.63) is 66.3 Å². The van der Waals surface area contributed by atoms with E-state index in [1.54, 1.807) is 37.3 Å². The maximum Gasteiger partial charge on any atom is 0.573 e. The molecule has 11 heteroatoms. The number of amides is 2. The average molecular weight is 616 g/mol. The number of ether oxygens (including phenoxy) is 2. The maximum atomic E-state index is 12.8. The zero-order chi connectivity index (χ0) is 26.5. The van der Waals surface area contributed by atoms with E-state index in [-0.39, 0.29) is 24.0 Å². The number of nitrogens with one attached hydrogen (secondary N) is 2. The highest BCUT2D eigenvalue weighted by Gasteiger charge is 2.32. The molecule has 2 N–H and O–H groups in total. The molecule has 3 rings (SSSR count). The van der Waals surface area contributed by atoms with Crippen LogP contribution in [-0.4, -0.2) is 28.3 Å². The fourth-order valence-electron chi connectivity index (χ4n) is 3.76. The Hall–Kier alpha value is -2.96. The fraction of sp³-hybridized carbons (Fsp3) is 0.360. The third kappa shape index (κ3) is 7.05. The van der Waals surface area contributed by atoms with Gasteiger partial charge in [-0.15, -0.1) is 18.3 Å². The van der Waals surface area contributed by atoms with Gasteiger partial charge in [0.15, 0.2) is 0 Å². The van der Waals surface area contributed by atoms with Crippen molar-refractivity contribution < 1.29 is 27.4 Å². The highest BCUT2D eigenvalue weighted by Crippen LogP contribution is 2.35. The van der Waals surface area contributed by atoms with Gasteiger partial charge in [0.05, 0.1) is 11.3 Å². The Kier molecular flexibility index (Phi) is 9.09. The number of halogens is 4. The molecule has 0 radical (unpaired) electrons. The number of alkyl halides is 4. The first-order valence-corrected chi connectivity index (χ1v) is 12.8. The number of urea groups is 1. The van der Waals surface area contributed by atoms with Crippen molar-refractivity contribution in [1.82, 2.24) is 15.1 Å². The van der Waals surface area contributed by atoms with E-state index < -0.39 is 12.4 Å². The predicted octanol–water partition coefficient (Wildman–Crippen LogP) is 6.74. The Morgan fingerprint density at radius 3 is 2.64 bits per heavy atom. The molecule has 2 amide bonds. The molecule has 0 atom stereocenters. The fourth-order valence-corrected chi connectivity index (χ4v) is 4.23. The van der Waals surface area contributed by atoms with E-state index in [0.717, 1.165) is 18.4 Å². The Balaban J connectivity index is 1.81. The van der Waals surface area contributed by atoms with Gasteiger partial charge in [-0.25, -0.2) is 9.48 Å². The molecule has 1 aromatic carbocycles. The van der Waals surface area contributed by atoms with E-state index >= 15 is 0 Å². The Labute approximate surface area is 221 Å². The lowest BCUT2D eigenvalue weighted by Gasteiger charge is -2.32. The minimum Gasteiger partial charge on any atom is -0.473 e. The molecule has 0 bridgehead atoms. The topological polar surface area (TPSA) is 77.4 Å². The van der Waals surface area contributed by atoms with Gasteiger partial charge in [0.2, 0.25) is 5.88 Å². The largest absolute Gasteiger partial charge is 0.573 e. The van der Waals surface area contributed by atoms with Gasteiger partial charge < -0.3 is 14.8 Å². The molecule has 1 saturated carbocycles. The third-order valence-corrected chi connectivity index (χ3v) is 6.49. The number of aromatic nitrogens is 2. The van der Waals surface area contributed by atoms with E-state index in [0.29, 0.717) is 33.3 Å². The molecule has 1 fully saturated rings. The lowest BCUT2D eigenvalue weighted by atomic mass is 9.84. The summed E-state index contributed by atoms with van der Waals surface area (Å²) in [6.07, 6.45) is 1.84. The van der Waals surface area contributed by atoms with Crippen LogP contribution in [0, 0.1) is 12.8 Å². The van der Waals surface area contributed by atoms with Gasteiger partial charge in [-0.3, -0.25) is 5.32 Å². The van der Waals surface area contributed by atoms with Crippen molar-refractivity contribution in [2.24, 2.45) is 5.92 Å². The molecule has 1 aromatic heterocycles. The molecule has 7 nitrogen and oxygen atoms in total. The summed E-state index contributed by atoms with van der Waals surface area (Å²) >= 11 is 2.10. The van der Waals surface area contributed by atoms with Crippen LogP contribution in [-0.2, 0) is 11.0 Å². The first-order valence-electron chi connectivity index (χ1n) is 11.2. The number of rotatable bonds is 10. The van der Waals surface area contributed by atoms with E-state index in [9.17, 15) is 18.0 Å². The summed E-state index contributed by atoms with van der Waals surface area (Å²) in [5, 5.41) is 9.85. The van der Waals surface area contributed by atoms with Gasteiger partial charge >= 0.3 is 12.4 Å². The summed E-state index contributed by atoms with van der Waals surface area (Å²) in [6.45, 7) is 11.2. The van der Waals surface area contributed by atoms with Crippen molar-refractivity contribution in [3.63, 3.8) is 0 Å². The molecule has 0 aliphatic heterocycles. The zero-order valence-electron chi connectivity index (χ0n) is 20.0. The van der Waals surface area contributed by atoms with Gasteiger partial charge in [-0.1, -0.05) is 54.8 Å². The summed E-state index contributed by atoms with van der Waals surface area (Å²) in [4.78, 5) is 12.8. The van der Waals surface area contributed by atoms with Crippen LogP contribution in [0.1, 0.15) is 36.5 Å². The third-order valence-electron chi connectivity index (χ3n) is 5.61. The number of hydrogen-bond donors (Lipinski definition) is 2. The second kappa shape index (κ2) is 11.8. The maximum absolute atomic E-state index is 12.8. The van der Waals surface area contributed by atoms with Crippen LogP contribution in [0.25, 0.3) is 5.70 Å². The summed E-state index contributed by atoms with van der Waals surface area (Å²) in [7, 11) is 0. The van der Waals surface area contributed by atoms with E-state index in [2.05, 4.69) is 63.1 Å². The van der Waals surface area contributed by atoms with Gasteiger partial charge in [0.1, 0.15) is 17.7 Å². The molecule has 1 aliphatic rings. The Bertz CT molecular complexity index is 1150. The lowest BCUT2D eigenvalue weighted by Crippen LogP contribution is -2.32. The summed E-state index contributed by atoms with van der Waals surface area (Å²) in [5.74, 6) is 0.943. The number of carbonyl (C=O) groups is 1. The number of nitrogens with zero attached hydrogens (tertiary/aromatic N) is 2. The minimum absolute atomic E-state index is 0.0523. The lowest BCUT2D eigenvalue weighted by molar-refractivity contribution is -0.274. The molecule has 1 aliphatic carbocycles. The van der Waals surface area contributed by atoms with Gasteiger partial charge in [0.25, 0.3) is 0 Å². The standard InChI is InChI=1S/C25H28F3IN4O3/c1-5-7-19(6-2)33-22(16(4)23(32-33)35-20-10-15(3)11-20)31-24(34)30-14-18-12-17(13-29)8-9-21(18)36-25(26,27)28/h5-9,12,15,20H,1-2,10-11,13-14H2,3-4H3,(H2,30,31,34)/b19-7+. The van der Waals surface area contributed by atoms with Crippen LogP contribution in [0.2, 0.25) is 0 Å². The molecule has 0 unspecified atom stereocenters. The Morgan fingerprint density at radius 1 is 1.33 bits per heavy atom. The molecule has 2 aromatic rings. The van der Waals surface area contributed by atoms with Crippen LogP contribution in [0.4, 0.5) is 23.8 Å². The predicted molar refractivity (Wildman–Crippen MR) is 141 cm³/mol. The highest BCUT2D eigenvalue weighted by molar-refractivity contribution is 14.1. The number of carbonyl (C=O) groups excluding carboxylic acids is 1. The molecule has 0 spiro atoms. The molecule has 1 heterocycles. The second-order valence-corrected chi connectivity index (χ2v) is 9.23.